The molecule has 2 fully saturated rings. The van der Waals surface area contributed by atoms with Crippen molar-refractivity contribution in [2.45, 2.75) is 44.2 Å². The number of halogens is 1. The minimum atomic E-state index is -0.619. The monoisotopic (exact) mass is 567 g/mol. The molecule has 1 unspecified atom stereocenters. The molecule has 12 nitrogen and oxygen atoms in total. The molecule has 13 heteroatoms. The molecule has 0 bridgehead atoms. The number of benzene rings is 1. The Bertz CT molecular complexity index is 1390. The number of aromatic nitrogens is 2. The van der Waals surface area contributed by atoms with Gasteiger partial charge in [-0.3, -0.25) is 19.4 Å². The molecule has 1 aliphatic carbocycles. The maximum atomic E-state index is 15.0. The van der Waals surface area contributed by atoms with Crippen LogP contribution in [0.3, 0.4) is 0 Å². The second-order valence-corrected chi connectivity index (χ2v) is 11.7. The molecule has 4 heterocycles. The molecule has 218 valence electrons. The van der Waals surface area contributed by atoms with E-state index in [0.29, 0.717) is 37.3 Å². The van der Waals surface area contributed by atoms with E-state index in [0.717, 1.165) is 37.2 Å². The van der Waals surface area contributed by atoms with Crippen molar-refractivity contribution in [1.82, 2.24) is 19.8 Å². The summed E-state index contributed by atoms with van der Waals surface area (Å²) < 4.78 is 26.1. The van der Waals surface area contributed by atoms with E-state index in [-0.39, 0.29) is 47.9 Å². The SMILES string of the molecule is C[C@H](C(=O)Nc1cc(F)c2c(c1)CC(CN1CCC3(CC1)CN(c1cnc4c(n1)NC(=O)CO4)C(=O)O3)C2)N(C)C. The zero-order chi connectivity index (χ0) is 28.9. The van der Waals surface area contributed by atoms with Crippen LogP contribution in [0.1, 0.15) is 30.9 Å². The van der Waals surface area contributed by atoms with Gasteiger partial charge in [-0.25, -0.2) is 19.2 Å². The van der Waals surface area contributed by atoms with Gasteiger partial charge in [-0.2, -0.15) is 0 Å². The van der Waals surface area contributed by atoms with Crippen LogP contribution in [0, 0.1) is 11.7 Å². The summed E-state index contributed by atoms with van der Waals surface area (Å²) in [6, 6.07) is 2.99. The van der Waals surface area contributed by atoms with E-state index in [4.69, 9.17) is 9.47 Å². The summed E-state index contributed by atoms with van der Waals surface area (Å²) in [5.74, 6) is 0.211. The number of likely N-dealkylation sites (N-methyl/N-ethyl adjacent to an activating group) is 1. The van der Waals surface area contributed by atoms with E-state index < -0.39 is 11.7 Å². The third-order valence-corrected chi connectivity index (χ3v) is 8.57. The lowest BCUT2D eigenvalue weighted by Gasteiger charge is -2.38. The van der Waals surface area contributed by atoms with Crippen molar-refractivity contribution >= 4 is 35.2 Å². The molecule has 4 aliphatic rings. The number of amides is 3. The van der Waals surface area contributed by atoms with Crippen molar-refractivity contribution in [3.63, 3.8) is 0 Å². The quantitative estimate of drug-likeness (QED) is 0.539. The number of nitrogens with one attached hydrogen (secondary N) is 2. The van der Waals surface area contributed by atoms with Gasteiger partial charge in [0, 0.05) is 38.2 Å². The Morgan fingerprint density at radius 2 is 2.05 bits per heavy atom. The molecule has 1 aromatic carbocycles. The number of hydrogen-bond acceptors (Lipinski definition) is 9. The molecule has 2 saturated heterocycles. The first kappa shape index (κ1) is 27.3. The molecule has 3 aliphatic heterocycles. The summed E-state index contributed by atoms with van der Waals surface area (Å²) in [4.78, 5) is 51.1. The molecule has 0 saturated carbocycles. The van der Waals surface area contributed by atoms with Gasteiger partial charge in [0.15, 0.2) is 18.2 Å². The Morgan fingerprint density at radius 3 is 2.80 bits per heavy atom. The number of likely N-dealkylation sites (tertiary alicyclic amines) is 1. The molecular weight excluding hydrogens is 533 g/mol. The van der Waals surface area contributed by atoms with Crippen LogP contribution in [0.15, 0.2) is 18.3 Å². The van der Waals surface area contributed by atoms with Crippen LogP contribution in [-0.2, 0) is 27.2 Å². The summed E-state index contributed by atoms with van der Waals surface area (Å²) in [5, 5.41) is 5.46. The lowest BCUT2D eigenvalue weighted by atomic mass is 9.90. The predicted octanol–water partition coefficient (Wildman–Crippen LogP) is 2.04. The van der Waals surface area contributed by atoms with E-state index in [1.165, 1.54) is 17.2 Å². The highest BCUT2D eigenvalue weighted by Gasteiger charge is 2.48. The molecule has 1 spiro atoms. The minimum Gasteiger partial charge on any atom is -0.465 e. The standard InChI is InChI=1S/C28H34FN7O5/c1-16(34(2)3)25(38)31-19-10-18-8-17(9-20(18)21(29)11-19)13-35-6-4-28(5-7-35)15-36(27(39)41-28)22-12-30-26-24(32-22)33-23(37)14-40-26/h10-12,16-17H,4-9,13-15H2,1-3H3,(H,31,38)(H,32,33,37)/t16-,17?/m1/s1. The summed E-state index contributed by atoms with van der Waals surface area (Å²) >= 11 is 0. The van der Waals surface area contributed by atoms with Crippen molar-refractivity contribution < 1.29 is 28.2 Å². The number of nitrogens with zero attached hydrogens (tertiary/aromatic N) is 5. The van der Waals surface area contributed by atoms with Crippen LogP contribution in [0.5, 0.6) is 5.88 Å². The fourth-order valence-electron chi connectivity index (χ4n) is 6.01. The topological polar surface area (TPSA) is 129 Å². The van der Waals surface area contributed by atoms with Gasteiger partial charge in [-0.05, 0) is 63.0 Å². The van der Waals surface area contributed by atoms with Gasteiger partial charge >= 0.3 is 6.09 Å². The highest BCUT2D eigenvalue weighted by atomic mass is 19.1. The van der Waals surface area contributed by atoms with Gasteiger partial charge in [0.25, 0.3) is 11.8 Å². The van der Waals surface area contributed by atoms with Gasteiger partial charge in [-0.1, -0.05) is 0 Å². The number of anilines is 3. The second-order valence-electron chi connectivity index (χ2n) is 11.7. The molecule has 1 aromatic heterocycles. The van der Waals surface area contributed by atoms with Gasteiger partial charge in [0.05, 0.1) is 18.8 Å². The summed E-state index contributed by atoms with van der Waals surface area (Å²) in [6.07, 6.45) is 3.71. The van der Waals surface area contributed by atoms with Gasteiger partial charge < -0.3 is 25.0 Å². The maximum absolute atomic E-state index is 15.0. The molecule has 6 rings (SSSR count). The van der Waals surface area contributed by atoms with Gasteiger partial charge in [-0.15, -0.1) is 0 Å². The fraction of sp³-hybridized carbons (Fsp3) is 0.536. The number of carbonyl (C=O) groups is 3. The van der Waals surface area contributed by atoms with E-state index in [2.05, 4.69) is 25.5 Å². The van der Waals surface area contributed by atoms with E-state index in [9.17, 15) is 18.8 Å². The average molecular weight is 568 g/mol. The van der Waals surface area contributed by atoms with Crippen molar-refractivity contribution in [3.8, 4) is 5.88 Å². The summed E-state index contributed by atoms with van der Waals surface area (Å²) in [5.41, 5.74) is 1.55. The van der Waals surface area contributed by atoms with Crippen LogP contribution >= 0.6 is 0 Å². The second kappa shape index (κ2) is 10.5. The Labute approximate surface area is 237 Å². The average Bonchev–Trinajstić information content (AvgIpc) is 3.49. The Morgan fingerprint density at radius 1 is 1.27 bits per heavy atom. The fourth-order valence-corrected chi connectivity index (χ4v) is 6.01. The molecule has 2 aromatic rings. The largest absolute Gasteiger partial charge is 0.465 e. The normalized spacial score (nSPS) is 22.2. The zero-order valence-corrected chi connectivity index (χ0v) is 23.4. The molecule has 3 amide bonds. The third-order valence-electron chi connectivity index (χ3n) is 8.57. The van der Waals surface area contributed by atoms with Crippen LogP contribution in [0.25, 0.3) is 0 Å². The third kappa shape index (κ3) is 5.43. The molecule has 2 N–H and O–H groups in total. The smallest absolute Gasteiger partial charge is 0.416 e. The number of hydrogen-bond donors (Lipinski definition) is 2. The summed E-state index contributed by atoms with van der Waals surface area (Å²) in [6.45, 7) is 4.35. The van der Waals surface area contributed by atoms with Crippen molar-refractivity contribution in [1.29, 1.82) is 0 Å². The first-order chi connectivity index (χ1) is 19.6. The molecule has 2 atom stereocenters. The van der Waals surface area contributed by atoms with E-state index in [1.807, 2.05) is 20.2 Å². The first-order valence-corrected chi connectivity index (χ1v) is 13.9. The van der Waals surface area contributed by atoms with Crippen LogP contribution < -0.4 is 20.3 Å². The van der Waals surface area contributed by atoms with Crippen LogP contribution in [-0.4, -0.2) is 96.2 Å². The Kier molecular flexibility index (Phi) is 7.02. The first-order valence-electron chi connectivity index (χ1n) is 13.9. The van der Waals surface area contributed by atoms with E-state index in [1.54, 1.807) is 11.8 Å². The predicted molar refractivity (Wildman–Crippen MR) is 147 cm³/mol. The maximum Gasteiger partial charge on any atom is 0.416 e. The number of rotatable bonds is 6. The number of carbonyl (C=O) groups excluding carboxylic acids is 3. The highest BCUT2D eigenvalue weighted by molar-refractivity contribution is 5.95. The van der Waals surface area contributed by atoms with Crippen molar-refractivity contribution in [2.75, 3.05) is 62.4 Å². The molecular formula is C28H34FN7O5. The minimum absolute atomic E-state index is 0.121. The lowest BCUT2D eigenvalue weighted by Crippen LogP contribution is -2.48. The van der Waals surface area contributed by atoms with Crippen LogP contribution in [0.4, 0.5) is 26.5 Å². The number of fused-ring (bicyclic) bond motifs is 2. The van der Waals surface area contributed by atoms with Crippen LogP contribution in [0.2, 0.25) is 0 Å². The Hall–Kier alpha value is -3.84. The number of ether oxygens (including phenoxy) is 2. The zero-order valence-electron chi connectivity index (χ0n) is 23.4. The molecule has 41 heavy (non-hydrogen) atoms. The molecule has 0 radical (unpaired) electrons. The van der Waals surface area contributed by atoms with Crippen molar-refractivity contribution in [2.24, 2.45) is 5.92 Å². The Balaban J connectivity index is 1.04. The highest BCUT2D eigenvalue weighted by Crippen LogP contribution is 2.38. The van der Waals surface area contributed by atoms with E-state index >= 15 is 0 Å². The lowest BCUT2D eigenvalue weighted by molar-refractivity contribution is -0.120. The van der Waals surface area contributed by atoms with Gasteiger partial charge in [0.2, 0.25) is 5.91 Å². The van der Waals surface area contributed by atoms with Crippen molar-refractivity contribution in [3.05, 3.63) is 35.3 Å². The van der Waals surface area contributed by atoms with Gasteiger partial charge in [0.1, 0.15) is 11.4 Å². The summed E-state index contributed by atoms with van der Waals surface area (Å²) in [7, 11) is 3.66. The number of piperidine rings is 1.